The molecule has 0 atom stereocenters. The van der Waals surface area contributed by atoms with Crippen molar-refractivity contribution in [3.63, 3.8) is 0 Å². The fraction of sp³-hybridized carbons (Fsp3) is 0.211. The van der Waals surface area contributed by atoms with Gasteiger partial charge in [0.05, 0.1) is 19.8 Å². The molecular formula is C19H18O4. The number of esters is 1. The number of fused-ring (bicyclic) bond motifs is 1. The zero-order valence-corrected chi connectivity index (χ0v) is 13.4. The molecule has 0 N–H and O–H groups in total. The van der Waals surface area contributed by atoms with Crippen LogP contribution in [0.4, 0.5) is 0 Å². The third-order valence-electron chi connectivity index (χ3n) is 3.87. The minimum atomic E-state index is -0.328. The molecule has 4 heteroatoms. The third kappa shape index (κ3) is 2.93. The first-order valence-corrected chi connectivity index (χ1v) is 7.33. The Morgan fingerprint density at radius 1 is 1.04 bits per heavy atom. The van der Waals surface area contributed by atoms with Crippen LogP contribution < -0.4 is 9.47 Å². The topological polar surface area (TPSA) is 44.8 Å². The van der Waals surface area contributed by atoms with Crippen molar-refractivity contribution in [1.82, 2.24) is 0 Å². The molecule has 1 heterocycles. The van der Waals surface area contributed by atoms with Crippen molar-refractivity contribution in [2.45, 2.75) is 13.5 Å². The van der Waals surface area contributed by atoms with Crippen molar-refractivity contribution >= 4 is 17.6 Å². The number of ether oxygens (including phenoxy) is 3. The highest BCUT2D eigenvalue weighted by atomic mass is 16.5. The molecule has 2 aromatic rings. The summed E-state index contributed by atoms with van der Waals surface area (Å²) in [6.07, 6.45) is 1.84. The van der Waals surface area contributed by atoms with E-state index < -0.39 is 0 Å². The van der Waals surface area contributed by atoms with E-state index in [-0.39, 0.29) is 12.6 Å². The number of carbonyl (C=O) groups excluding carboxylic acids is 1. The van der Waals surface area contributed by atoms with Crippen LogP contribution in [0, 0.1) is 6.92 Å². The highest BCUT2D eigenvalue weighted by Gasteiger charge is 2.25. The van der Waals surface area contributed by atoms with E-state index in [1.807, 2.05) is 49.4 Å². The quantitative estimate of drug-likeness (QED) is 0.642. The van der Waals surface area contributed by atoms with Crippen molar-refractivity contribution in [3.05, 3.63) is 58.7 Å². The molecule has 23 heavy (non-hydrogen) atoms. The van der Waals surface area contributed by atoms with Crippen molar-refractivity contribution in [1.29, 1.82) is 0 Å². The molecule has 4 nitrogen and oxygen atoms in total. The average molecular weight is 310 g/mol. The third-order valence-corrected chi connectivity index (χ3v) is 3.87. The van der Waals surface area contributed by atoms with Gasteiger partial charge in [-0.05, 0) is 36.3 Å². The lowest BCUT2D eigenvalue weighted by molar-refractivity contribution is -0.138. The van der Waals surface area contributed by atoms with Gasteiger partial charge in [0, 0.05) is 5.56 Å². The fourth-order valence-electron chi connectivity index (χ4n) is 2.59. The molecule has 0 aromatic heterocycles. The number of hydrogen-bond donors (Lipinski definition) is 0. The minimum Gasteiger partial charge on any atom is -0.493 e. The number of rotatable bonds is 3. The van der Waals surface area contributed by atoms with E-state index in [9.17, 15) is 4.79 Å². The molecule has 0 saturated heterocycles. The van der Waals surface area contributed by atoms with Crippen LogP contribution in [-0.2, 0) is 16.1 Å². The maximum absolute atomic E-state index is 12.2. The smallest absolute Gasteiger partial charge is 0.339 e. The molecule has 3 rings (SSSR count). The highest BCUT2D eigenvalue weighted by Crippen LogP contribution is 2.37. The van der Waals surface area contributed by atoms with Gasteiger partial charge in [0.15, 0.2) is 11.5 Å². The minimum absolute atomic E-state index is 0.236. The molecule has 0 saturated carbocycles. The van der Waals surface area contributed by atoms with Gasteiger partial charge in [-0.25, -0.2) is 4.79 Å². The first-order valence-electron chi connectivity index (χ1n) is 7.33. The van der Waals surface area contributed by atoms with Gasteiger partial charge in [0.1, 0.15) is 6.61 Å². The van der Waals surface area contributed by atoms with Crippen LogP contribution in [-0.4, -0.2) is 20.2 Å². The van der Waals surface area contributed by atoms with Gasteiger partial charge in [-0.2, -0.15) is 0 Å². The summed E-state index contributed by atoms with van der Waals surface area (Å²) >= 11 is 0. The molecule has 118 valence electrons. The summed E-state index contributed by atoms with van der Waals surface area (Å²) in [7, 11) is 3.16. The molecule has 0 aliphatic carbocycles. The molecule has 0 radical (unpaired) electrons. The first-order chi connectivity index (χ1) is 11.1. The number of benzene rings is 2. The van der Waals surface area contributed by atoms with Crippen LogP contribution in [0.1, 0.15) is 22.3 Å². The van der Waals surface area contributed by atoms with E-state index in [1.165, 1.54) is 5.56 Å². The number of hydrogen-bond acceptors (Lipinski definition) is 4. The normalized spacial score (nSPS) is 15.1. The highest BCUT2D eigenvalue weighted by molar-refractivity contribution is 6.22. The lowest BCUT2D eigenvalue weighted by atomic mass is 9.95. The second-order valence-corrected chi connectivity index (χ2v) is 5.41. The molecular weight excluding hydrogens is 292 g/mol. The molecule has 0 spiro atoms. The van der Waals surface area contributed by atoms with Crippen molar-refractivity contribution in [3.8, 4) is 11.5 Å². The first kappa shape index (κ1) is 15.2. The maximum Gasteiger partial charge on any atom is 0.339 e. The monoisotopic (exact) mass is 310 g/mol. The van der Waals surface area contributed by atoms with Crippen LogP contribution in [0.3, 0.4) is 0 Å². The lowest BCUT2D eigenvalue weighted by Crippen LogP contribution is -2.15. The van der Waals surface area contributed by atoms with E-state index >= 15 is 0 Å². The van der Waals surface area contributed by atoms with Crippen LogP contribution >= 0.6 is 0 Å². The molecule has 0 amide bonds. The number of carbonyl (C=O) groups is 1. The van der Waals surface area contributed by atoms with E-state index in [0.717, 1.165) is 16.7 Å². The maximum atomic E-state index is 12.2. The Kier molecular flexibility index (Phi) is 4.06. The molecule has 2 aromatic carbocycles. The van der Waals surface area contributed by atoms with Crippen LogP contribution in [0.2, 0.25) is 0 Å². The Morgan fingerprint density at radius 3 is 2.35 bits per heavy atom. The second-order valence-electron chi connectivity index (χ2n) is 5.41. The lowest BCUT2D eigenvalue weighted by Gasteiger charge is -2.21. The zero-order chi connectivity index (χ0) is 16.4. The van der Waals surface area contributed by atoms with Crippen LogP contribution in [0.15, 0.2) is 36.4 Å². The second kappa shape index (κ2) is 6.16. The molecule has 0 bridgehead atoms. The van der Waals surface area contributed by atoms with Crippen molar-refractivity contribution < 1.29 is 19.0 Å². The Bertz CT molecular complexity index is 773. The van der Waals surface area contributed by atoms with Gasteiger partial charge < -0.3 is 14.2 Å². The summed E-state index contributed by atoms with van der Waals surface area (Å²) in [6.45, 7) is 2.26. The summed E-state index contributed by atoms with van der Waals surface area (Å²) in [5.41, 5.74) is 4.37. The number of methoxy groups -OCH3 is 2. The standard InChI is InChI=1S/C19H18O4/c1-12-4-6-13(7-5-12)8-16-15-10-18(22-3)17(21-2)9-14(15)11-23-19(16)20/h4-10H,11H2,1-3H3/b16-8-. The molecule has 0 unspecified atom stereocenters. The van der Waals surface area contributed by atoms with E-state index in [0.29, 0.717) is 17.1 Å². The Hall–Kier alpha value is -2.75. The summed E-state index contributed by atoms with van der Waals surface area (Å²) in [6, 6.07) is 11.7. The van der Waals surface area contributed by atoms with Crippen molar-refractivity contribution in [2.75, 3.05) is 14.2 Å². The Morgan fingerprint density at radius 2 is 1.70 bits per heavy atom. The largest absolute Gasteiger partial charge is 0.493 e. The van der Waals surface area contributed by atoms with Crippen LogP contribution in [0.5, 0.6) is 11.5 Å². The van der Waals surface area contributed by atoms with Gasteiger partial charge in [0.2, 0.25) is 0 Å². The van der Waals surface area contributed by atoms with Gasteiger partial charge >= 0.3 is 5.97 Å². The average Bonchev–Trinajstić information content (AvgIpc) is 2.58. The van der Waals surface area contributed by atoms with Gasteiger partial charge in [-0.1, -0.05) is 29.8 Å². The molecule has 1 aliphatic heterocycles. The summed E-state index contributed by atoms with van der Waals surface area (Å²) < 4.78 is 15.9. The molecule has 0 fully saturated rings. The van der Waals surface area contributed by atoms with E-state index in [1.54, 1.807) is 14.2 Å². The van der Waals surface area contributed by atoms with E-state index in [2.05, 4.69) is 0 Å². The number of aryl methyl sites for hydroxylation is 1. The Balaban J connectivity index is 2.12. The summed E-state index contributed by atoms with van der Waals surface area (Å²) in [5, 5.41) is 0. The van der Waals surface area contributed by atoms with Gasteiger partial charge in [-0.15, -0.1) is 0 Å². The SMILES string of the molecule is COc1cc2c(cc1OC)/C(=C/c1ccc(C)cc1)C(=O)OC2. The predicted octanol–water partition coefficient (Wildman–Crippen LogP) is 3.61. The fourth-order valence-corrected chi connectivity index (χ4v) is 2.59. The summed E-state index contributed by atoms with van der Waals surface area (Å²) in [4.78, 5) is 12.2. The zero-order valence-electron chi connectivity index (χ0n) is 13.4. The van der Waals surface area contributed by atoms with E-state index in [4.69, 9.17) is 14.2 Å². The summed E-state index contributed by atoms with van der Waals surface area (Å²) in [5.74, 6) is 0.889. The van der Waals surface area contributed by atoms with Gasteiger partial charge in [0.25, 0.3) is 0 Å². The predicted molar refractivity (Wildman–Crippen MR) is 88.4 cm³/mol. The van der Waals surface area contributed by atoms with Crippen LogP contribution in [0.25, 0.3) is 11.6 Å². The van der Waals surface area contributed by atoms with Crippen molar-refractivity contribution in [2.24, 2.45) is 0 Å². The Labute approximate surface area is 135 Å². The number of cyclic esters (lactones) is 1. The molecule has 1 aliphatic rings. The van der Waals surface area contributed by atoms with Gasteiger partial charge in [-0.3, -0.25) is 0 Å².